The van der Waals surface area contributed by atoms with Crippen LogP contribution in [0.2, 0.25) is 10.0 Å². The third-order valence-corrected chi connectivity index (χ3v) is 5.18. The Balaban J connectivity index is 1.68. The molecule has 3 rings (SSSR count). The maximum absolute atomic E-state index is 12.9. The summed E-state index contributed by atoms with van der Waals surface area (Å²) in [5, 5.41) is 5.38. The minimum Gasteiger partial charge on any atom is -0.406 e. The molecule has 1 aliphatic heterocycles. The highest BCUT2D eigenvalue weighted by molar-refractivity contribution is 6.42. The number of urea groups is 1. The third kappa shape index (κ3) is 5.02. The fourth-order valence-corrected chi connectivity index (χ4v) is 3.23. The van der Waals surface area contributed by atoms with Gasteiger partial charge in [-0.25, -0.2) is 4.79 Å². The number of anilines is 1. The van der Waals surface area contributed by atoms with Crippen LogP contribution in [0, 0.1) is 0 Å². The average molecular weight is 476 g/mol. The molecule has 0 saturated carbocycles. The Bertz CT molecular complexity index is 1050. The fourth-order valence-electron chi connectivity index (χ4n) is 2.93. The molecule has 0 bridgehead atoms. The predicted molar refractivity (Wildman–Crippen MR) is 106 cm³/mol. The van der Waals surface area contributed by atoms with Crippen LogP contribution in [0.5, 0.6) is 5.75 Å². The summed E-state index contributed by atoms with van der Waals surface area (Å²) in [6.45, 7) is 0.854. The van der Waals surface area contributed by atoms with Gasteiger partial charge in [-0.05, 0) is 48.9 Å². The molecule has 1 heterocycles. The Morgan fingerprint density at radius 1 is 1.13 bits per heavy atom. The number of alkyl halides is 3. The van der Waals surface area contributed by atoms with Crippen LogP contribution in [-0.2, 0) is 15.1 Å². The van der Waals surface area contributed by atoms with Gasteiger partial charge in [-0.15, -0.1) is 13.2 Å². The number of ether oxygens (including phenoxy) is 1. The van der Waals surface area contributed by atoms with Crippen LogP contribution < -0.4 is 15.4 Å². The van der Waals surface area contributed by atoms with Gasteiger partial charge in [0.15, 0.2) is 0 Å². The second-order valence-electron chi connectivity index (χ2n) is 6.70. The largest absolute Gasteiger partial charge is 0.573 e. The first-order valence-electron chi connectivity index (χ1n) is 8.64. The molecule has 0 spiro atoms. The number of hydrogen-bond acceptors (Lipinski definition) is 4. The number of halogens is 5. The van der Waals surface area contributed by atoms with Crippen molar-refractivity contribution in [2.45, 2.75) is 18.8 Å². The van der Waals surface area contributed by atoms with E-state index in [2.05, 4.69) is 15.4 Å². The molecule has 0 aromatic heterocycles. The number of imide groups is 1. The van der Waals surface area contributed by atoms with Gasteiger partial charge >= 0.3 is 12.4 Å². The maximum atomic E-state index is 12.9. The quantitative estimate of drug-likeness (QED) is 0.631. The second kappa shape index (κ2) is 8.27. The number of nitrogens with zero attached hydrogens (tertiary/aromatic N) is 1. The molecule has 1 aliphatic rings. The lowest BCUT2D eigenvalue weighted by atomic mass is 9.92. The lowest BCUT2D eigenvalue weighted by Crippen LogP contribution is -2.42. The van der Waals surface area contributed by atoms with Crippen molar-refractivity contribution in [2.75, 3.05) is 11.9 Å². The zero-order valence-corrected chi connectivity index (χ0v) is 17.2. The monoisotopic (exact) mass is 475 g/mol. The van der Waals surface area contributed by atoms with Gasteiger partial charge in [-0.1, -0.05) is 29.3 Å². The molecule has 1 atom stereocenters. The van der Waals surface area contributed by atoms with Crippen molar-refractivity contribution in [2.24, 2.45) is 0 Å². The van der Waals surface area contributed by atoms with Crippen LogP contribution in [0.25, 0.3) is 0 Å². The Hall–Kier alpha value is -2.98. The molecule has 0 aliphatic carbocycles. The molecule has 2 aromatic rings. The smallest absolute Gasteiger partial charge is 0.406 e. The van der Waals surface area contributed by atoms with Gasteiger partial charge in [-0.2, -0.15) is 0 Å². The summed E-state index contributed by atoms with van der Waals surface area (Å²) < 4.78 is 40.3. The Morgan fingerprint density at radius 3 is 2.35 bits per heavy atom. The molecule has 7 nitrogen and oxygen atoms in total. The highest BCUT2D eigenvalue weighted by atomic mass is 35.5. The van der Waals surface area contributed by atoms with Crippen LogP contribution in [0.15, 0.2) is 42.5 Å². The molecule has 31 heavy (non-hydrogen) atoms. The Morgan fingerprint density at radius 2 is 1.77 bits per heavy atom. The first-order chi connectivity index (χ1) is 14.4. The SMILES string of the molecule is C[C@]1(c2ccc(Cl)c(Cl)c2)NC(=O)N(CC(=O)Nc2ccc(OC(F)(F)F)cc2)C1=O. The van der Waals surface area contributed by atoms with E-state index in [1.54, 1.807) is 0 Å². The number of amides is 4. The van der Waals surface area contributed by atoms with Gasteiger partial charge in [0, 0.05) is 5.69 Å². The molecule has 2 N–H and O–H groups in total. The van der Waals surface area contributed by atoms with Crippen LogP contribution in [0.1, 0.15) is 12.5 Å². The van der Waals surface area contributed by atoms with E-state index in [-0.39, 0.29) is 15.7 Å². The molecule has 1 saturated heterocycles. The minimum atomic E-state index is -4.84. The molecule has 2 aromatic carbocycles. The van der Waals surface area contributed by atoms with Crippen molar-refractivity contribution in [1.82, 2.24) is 10.2 Å². The standard InChI is InChI=1S/C19H14Cl2F3N3O4/c1-18(10-2-7-13(20)14(21)8-10)16(29)27(17(30)26-18)9-15(28)25-11-3-5-12(6-4-11)31-19(22,23)24/h2-8H,9H2,1H3,(H,25,28)(H,26,30)/t18-/m1/s1. The summed E-state index contributed by atoms with van der Waals surface area (Å²) in [5.41, 5.74) is -0.926. The Labute approximate surface area is 184 Å². The first kappa shape index (κ1) is 22.7. The van der Waals surface area contributed by atoms with Crippen LogP contribution in [-0.4, -0.2) is 35.7 Å². The number of benzene rings is 2. The minimum absolute atomic E-state index is 0.152. The third-order valence-electron chi connectivity index (χ3n) is 4.45. The van der Waals surface area contributed by atoms with Crippen molar-refractivity contribution < 1.29 is 32.3 Å². The summed E-state index contributed by atoms with van der Waals surface area (Å²) in [7, 11) is 0. The number of nitrogens with one attached hydrogen (secondary N) is 2. The maximum Gasteiger partial charge on any atom is 0.573 e. The summed E-state index contributed by atoms with van der Waals surface area (Å²) in [6.07, 6.45) is -4.84. The summed E-state index contributed by atoms with van der Waals surface area (Å²) in [6, 6.07) is 8.05. The zero-order chi connectivity index (χ0) is 23.0. The number of carbonyl (C=O) groups is 3. The second-order valence-corrected chi connectivity index (χ2v) is 7.51. The van der Waals surface area contributed by atoms with E-state index in [1.165, 1.54) is 37.3 Å². The zero-order valence-electron chi connectivity index (χ0n) is 15.7. The van der Waals surface area contributed by atoms with Crippen LogP contribution in [0.3, 0.4) is 0 Å². The summed E-state index contributed by atoms with van der Waals surface area (Å²) in [4.78, 5) is 38.2. The van der Waals surface area contributed by atoms with Crippen molar-refractivity contribution in [3.63, 3.8) is 0 Å². The lowest BCUT2D eigenvalue weighted by Gasteiger charge is -2.22. The number of hydrogen-bond donors (Lipinski definition) is 2. The predicted octanol–water partition coefficient (Wildman–Crippen LogP) is 4.30. The van der Waals surface area contributed by atoms with Gasteiger partial charge in [0.2, 0.25) is 5.91 Å². The molecule has 12 heteroatoms. The van der Waals surface area contributed by atoms with E-state index in [4.69, 9.17) is 23.2 Å². The van der Waals surface area contributed by atoms with E-state index in [0.717, 1.165) is 17.0 Å². The van der Waals surface area contributed by atoms with E-state index in [0.29, 0.717) is 5.56 Å². The van der Waals surface area contributed by atoms with Crippen molar-refractivity contribution in [3.05, 3.63) is 58.1 Å². The van der Waals surface area contributed by atoms with Gasteiger partial charge in [0.25, 0.3) is 5.91 Å². The molecule has 164 valence electrons. The highest BCUT2D eigenvalue weighted by Gasteiger charge is 2.49. The topological polar surface area (TPSA) is 87.7 Å². The van der Waals surface area contributed by atoms with E-state index in [9.17, 15) is 27.6 Å². The van der Waals surface area contributed by atoms with Gasteiger partial charge in [0.05, 0.1) is 10.0 Å². The molecule has 1 fully saturated rings. The summed E-state index contributed by atoms with van der Waals surface area (Å²) in [5.74, 6) is -1.87. The van der Waals surface area contributed by atoms with Gasteiger partial charge in [0.1, 0.15) is 17.8 Å². The van der Waals surface area contributed by atoms with E-state index < -0.39 is 42.0 Å². The average Bonchev–Trinajstić information content (AvgIpc) is 2.88. The van der Waals surface area contributed by atoms with Gasteiger partial charge < -0.3 is 15.4 Å². The van der Waals surface area contributed by atoms with E-state index in [1.807, 2.05) is 0 Å². The molecular weight excluding hydrogens is 462 g/mol. The number of rotatable bonds is 5. The summed E-state index contributed by atoms with van der Waals surface area (Å²) >= 11 is 11.9. The van der Waals surface area contributed by atoms with Crippen molar-refractivity contribution in [3.8, 4) is 5.75 Å². The number of carbonyl (C=O) groups excluding carboxylic acids is 3. The van der Waals surface area contributed by atoms with Gasteiger partial charge in [-0.3, -0.25) is 14.5 Å². The normalized spacial score (nSPS) is 18.7. The lowest BCUT2D eigenvalue weighted by molar-refractivity contribution is -0.274. The van der Waals surface area contributed by atoms with Crippen LogP contribution >= 0.6 is 23.2 Å². The van der Waals surface area contributed by atoms with Crippen LogP contribution in [0.4, 0.5) is 23.7 Å². The molecule has 4 amide bonds. The van der Waals surface area contributed by atoms with E-state index >= 15 is 0 Å². The fraction of sp³-hybridized carbons (Fsp3) is 0.211. The van der Waals surface area contributed by atoms with Crippen molar-refractivity contribution >= 4 is 46.7 Å². The Kier molecular flexibility index (Phi) is 6.06. The molecular formula is C19H14Cl2F3N3O4. The molecule has 0 radical (unpaired) electrons. The molecule has 0 unspecified atom stereocenters. The highest BCUT2D eigenvalue weighted by Crippen LogP contribution is 2.33. The van der Waals surface area contributed by atoms with Crippen molar-refractivity contribution in [1.29, 1.82) is 0 Å². The first-order valence-corrected chi connectivity index (χ1v) is 9.40.